The molecule has 0 fully saturated rings. The van der Waals surface area contributed by atoms with Gasteiger partial charge in [-0.1, -0.05) is 58.3 Å². The number of hydrogen-bond acceptors (Lipinski definition) is 1. The number of carbonyl (C=O) groups excluding carboxylic acids is 1. The Morgan fingerprint density at radius 3 is 1.67 bits per heavy atom. The zero-order valence-electron chi connectivity index (χ0n) is 10.1. The molecule has 3 heteroatoms. The maximum absolute atomic E-state index is 10.4. The highest BCUT2D eigenvalue weighted by molar-refractivity contribution is 5.73. The van der Waals surface area contributed by atoms with E-state index >= 15 is 0 Å². The van der Waals surface area contributed by atoms with Crippen molar-refractivity contribution in [1.82, 2.24) is 0 Å². The van der Waals surface area contributed by atoms with Gasteiger partial charge in [0.05, 0.1) is 0 Å². The number of amides is 1. The third-order valence-corrected chi connectivity index (χ3v) is 2.53. The SMILES string of the molecule is CCCCCCCCCCCC(N)=O.O. The summed E-state index contributed by atoms with van der Waals surface area (Å²) in [5, 5.41) is 0. The van der Waals surface area contributed by atoms with Crippen LogP contribution in [0.5, 0.6) is 0 Å². The lowest BCUT2D eigenvalue weighted by molar-refractivity contribution is -0.118. The summed E-state index contributed by atoms with van der Waals surface area (Å²) in [6.07, 6.45) is 12.1. The number of rotatable bonds is 10. The normalized spacial score (nSPS) is 9.67. The quantitative estimate of drug-likeness (QED) is 0.561. The highest BCUT2D eigenvalue weighted by Crippen LogP contribution is 2.10. The second-order valence-corrected chi connectivity index (χ2v) is 4.04. The first-order valence-electron chi connectivity index (χ1n) is 6.05. The van der Waals surface area contributed by atoms with Crippen molar-refractivity contribution in [3.05, 3.63) is 0 Å². The molecule has 4 N–H and O–H groups in total. The first-order chi connectivity index (χ1) is 6.77. The summed E-state index contributed by atoms with van der Waals surface area (Å²) in [6, 6.07) is 0. The largest absolute Gasteiger partial charge is 0.412 e. The molecule has 92 valence electrons. The number of nitrogens with two attached hydrogens (primary N) is 1. The maximum atomic E-state index is 10.4. The Balaban J connectivity index is 0. The van der Waals surface area contributed by atoms with Crippen LogP contribution in [0.3, 0.4) is 0 Å². The molecule has 0 spiro atoms. The second kappa shape index (κ2) is 13.4. The highest BCUT2D eigenvalue weighted by Gasteiger charge is 1.94. The van der Waals surface area contributed by atoms with Crippen LogP contribution >= 0.6 is 0 Å². The summed E-state index contributed by atoms with van der Waals surface area (Å²) >= 11 is 0. The number of primary amides is 1. The van der Waals surface area contributed by atoms with Gasteiger partial charge in [-0.3, -0.25) is 4.79 Å². The topological polar surface area (TPSA) is 74.6 Å². The van der Waals surface area contributed by atoms with Gasteiger partial charge in [-0.2, -0.15) is 0 Å². The second-order valence-electron chi connectivity index (χ2n) is 4.04. The van der Waals surface area contributed by atoms with Gasteiger partial charge in [0, 0.05) is 6.42 Å². The molecule has 0 aromatic carbocycles. The summed E-state index contributed by atoms with van der Waals surface area (Å²) in [6.45, 7) is 2.24. The van der Waals surface area contributed by atoms with Crippen molar-refractivity contribution in [2.24, 2.45) is 5.73 Å². The Hall–Kier alpha value is -0.570. The average Bonchev–Trinajstić information content (AvgIpc) is 2.15. The molecular formula is C12H27NO2. The number of hydrogen-bond donors (Lipinski definition) is 1. The maximum Gasteiger partial charge on any atom is 0.217 e. The van der Waals surface area contributed by atoms with Crippen molar-refractivity contribution >= 4 is 5.91 Å². The molecule has 0 heterocycles. The van der Waals surface area contributed by atoms with Crippen molar-refractivity contribution in [2.45, 2.75) is 71.1 Å². The van der Waals surface area contributed by atoms with E-state index in [1.165, 1.54) is 44.9 Å². The molecule has 0 rings (SSSR count). The lowest BCUT2D eigenvalue weighted by atomic mass is 10.1. The van der Waals surface area contributed by atoms with E-state index in [0.717, 1.165) is 12.8 Å². The molecule has 0 bridgehead atoms. The molecule has 0 saturated heterocycles. The summed E-state index contributed by atoms with van der Waals surface area (Å²) < 4.78 is 0. The molecule has 0 radical (unpaired) electrons. The van der Waals surface area contributed by atoms with Crippen molar-refractivity contribution in [3.63, 3.8) is 0 Å². The van der Waals surface area contributed by atoms with Crippen LogP contribution < -0.4 is 5.73 Å². The monoisotopic (exact) mass is 217 g/mol. The lowest BCUT2D eigenvalue weighted by Gasteiger charge is -2.00. The van der Waals surface area contributed by atoms with Crippen molar-refractivity contribution in [3.8, 4) is 0 Å². The van der Waals surface area contributed by atoms with Crippen LogP contribution in [-0.4, -0.2) is 11.4 Å². The predicted octanol–water partition coefficient (Wildman–Crippen LogP) is 2.57. The summed E-state index contributed by atoms with van der Waals surface area (Å²) in [7, 11) is 0. The fraction of sp³-hybridized carbons (Fsp3) is 0.917. The molecule has 0 aromatic rings. The van der Waals surface area contributed by atoms with Crippen LogP contribution in [0.1, 0.15) is 71.1 Å². The smallest absolute Gasteiger partial charge is 0.217 e. The fourth-order valence-corrected chi connectivity index (χ4v) is 1.61. The molecular weight excluding hydrogens is 190 g/mol. The standard InChI is InChI=1S/C12H25NO.H2O/c1-2-3-4-5-6-7-8-9-10-11-12(13)14;/h2-11H2,1H3,(H2,13,14);1H2. The fourth-order valence-electron chi connectivity index (χ4n) is 1.61. The van der Waals surface area contributed by atoms with Gasteiger partial charge < -0.3 is 11.2 Å². The van der Waals surface area contributed by atoms with Crippen molar-refractivity contribution in [1.29, 1.82) is 0 Å². The minimum atomic E-state index is -0.159. The first-order valence-corrected chi connectivity index (χ1v) is 6.05. The van der Waals surface area contributed by atoms with Crippen LogP contribution in [-0.2, 0) is 4.79 Å². The van der Waals surface area contributed by atoms with Gasteiger partial charge in [-0.25, -0.2) is 0 Å². The van der Waals surface area contributed by atoms with Crippen LogP contribution in [0.4, 0.5) is 0 Å². The van der Waals surface area contributed by atoms with Crippen molar-refractivity contribution in [2.75, 3.05) is 0 Å². The number of unbranched alkanes of at least 4 members (excludes halogenated alkanes) is 8. The van der Waals surface area contributed by atoms with E-state index in [4.69, 9.17) is 5.73 Å². The molecule has 0 saturated carbocycles. The minimum absolute atomic E-state index is 0. The van der Waals surface area contributed by atoms with Gasteiger partial charge in [0.1, 0.15) is 0 Å². The average molecular weight is 217 g/mol. The van der Waals surface area contributed by atoms with Gasteiger partial charge in [0.15, 0.2) is 0 Å². The summed E-state index contributed by atoms with van der Waals surface area (Å²) in [4.78, 5) is 10.4. The molecule has 0 atom stereocenters. The Morgan fingerprint density at radius 1 is 0.867 bits per heavy atom. The summed E-state index contributed by atoms with van der Waals surface area (Å²) in [5.41, 5.74) is 5.05. The van der Waals surface area contributed by atoms with E-state index in [2.05, 4.69) is 6.92 Å². The van der Waals surface area contributed by atoms with Gasteiger partial charge >= 0.3 is 0 Å². The predicted molar refractivity (Wildman–Crippen MR) is 64.7 cm³/mol. The summed E-state index contributed by atoms with van der Waals surface area (Å²) in [5.74, 6) is -0.159. The van der Waals surface area contributed by atoms with Crippen molar-refractivity contribution < 1.29 is 10.3 Å². The molecule has 3 nitrogen and oxygen atoms in total. The Bertz CT molecular complexity index is 138. The third kappa shape index (κ3) is 16.1. The van der Waals surface area contributed by atoms with Crippen LogP contribution in [0, 0.1) is 0 Å². The van der Waals surface area contributed by atoms with E-state index < -0.39 is 0 Å². The van der Waals surface area contributed by atoms with Crippen LogP contribution in [0.2, 0.25) is 0 Å². The van der Waals surface area contributed by atoms with Gasteiger partial charge in [-0.15, -0.1) is 0 Å². The molecule has 0 aromatic heterocycles. The van der Waals surface area contributed by atoms with E-state index in [9.17, 15) is 4.79 Å². The van der Waals surface area contributed by atoms with Crippen LogP contribution in [0.25, 0.3) is 0 Å². The van der Waals surface area contributed by atoms with E-state index in [0.29, 0.717) is 6.42 Å². The van der Waals surface area contributed by atoms with Gasteiger partial charge in [-0.05, 0) is 6.42 Å². The van der Waals surface area contributed by atoms with E-state index in [-0.39, 0.29) is 11.4 Å². The van der Waals surface area contributed by atoms with E-state index in [1.54, 1.807) is 0 Å². The Kier molecular flexibility index (Phi) is 15.1. The lowest BCUT2D eigenvalue weighted by Crippen LogP contribution is -2.09. The first kappa shape index (κ1) is 16.8. The molecule has 0 aliphatic carbocycles. The van der Waals surface area contributed by atoms with Gasteiger partial charge in [0.25, 0.3) is 0 Å². The minimum Gasteiger partial charge on any atom is -0.412 e. The third-order valence-electron chi connectivity index (χ3n) is 2.53. The number of carbonyl (C=O) groups is 1. The van der Waals surface area contributed by atoms with Gasteiger partial charge in [0.2, 0.25) is 5.91 Å². The zero-order valence-corrected chi connectivity index (χ0v) is 10.1. The van der Waals surface area contributed by atoms with E-state index in [1.807, 2.05) is 0 Å². The molecule has 0 aliphatic rings. The van der Waals surface area contributed by atoms with Crippen LogP contribution in [0.15, 0.2) is 0 Å². The molecule has 15 heavy (non-hydrogen) atoms. The Morgan fingerprint density at radius 2 is 1.27 bits per heavy atom. The molecule has 1 amide bonds. The molecule has 0 aliphatic heterocycles. The zero-order chi connectivity index (χ0) is 10.6. The molecule has 0 unspecified atom stereocenters. The highest BCUT2D eigenvalue weighted by atomic mass is 16.1. The Labute approximate surface area is 93.7 Å².